The Hall–Kier alpha value is -1.59. The summed E-state index contributed by atoms with van der Waals surface area (Å²) in [5.41, 5.74) is -0.0249. The van der Waals surface area contributed by atoms with Gasteiger partial charge in [0.25, 0.3) is 5.91 Å². The van der Waals surface area contributed by atoms with E-state index in [0.29, 0.717) is 0 Å². The number of unbranched alkanes of at least 4 members (excludes halogenated alkanes) is 2. The molecule has 5 nitrogen and oxygen atoms in total. The van der Waals surface area contributed by atoms with Crippen LogP contribution in [-0.4, -0.2) is 49.8 Å². The zero-order valence-corrected chi connectivity index (χ0v) is 18.0. The molecule has 0 bridgehead atoms. The van der Waals surface area contributed by atoms with E-state index in [2.05, 4.69) is 17.1 Å². The third kappa shape index (κ3) is 7.44. The predicted octanol–water partition coefficient (Wildman–Crippen LogP) is 4.87. The molecule has 1 aromatic rings. The van der Waals surface area contributed by atoms with Gasteiger partial charge >= 0.3 is 0 Å². The molecular formula is C23H38N2O3. The van der Waals surface area contributed by atoms with Crippen molar-refractivity contribution < 1.29 is 14.3 Å². The number of nitrogens with zero attached hydrogens (tertiary/aromatic N) is 1. The van der Waals surface area contributed by atoms with Crippen molar-refractivity contribution in [3.8, 4) is 5.75 Å². The summed E-state index contributed by atoms with van der Waals surface area (Å²) in [6.07, 6.45) is 9.01. The summed E-state index contributed by atoms with van der Waals surface area (Å²) in [5, 5.41) is 2.97. The van der Waals surface area contributed by atoms with Crippen molar-refractivity contribution in [2.45, 2.75) is 70.8 Å². The van der Waals surface area contributed by atoms with Crippen LogP contribution in [0.3, 0.4) is 0 Å². The molecule has 28 heavy (non-hydrogen) atoms. The van der Waals surface area contributed by atoms with Gasteiger partial charge in [-0.15, -0.1) is 0 Å². The van der Waals surface area contributed by atoms with Crippen LogP contribution in [0.25, 0.3) is 0 Å². The number of rotatable bonds is 12. The fourth-order valence-corrected chi connectivity index (χ4v) is 3.58. The normalized spacial score (nSPS) is 17.1. The largest absolute Gasteiger partial charge is 0.494 e. The summed E-state index contributed by atoms with van der Waals surface area (Å²) in [6, 6.07) is 7.61. The molecule has 2 rings (SSSR count). The summed E-state index contributed by atoms with van der Waals surface area (Å²) < 4.78 is 11.4. The van der Waals surface area contributed by atoms with Gasteiger partial charge < -0.3 is 19.7 Å². The Morgan fingerprint density at radius 3 is 2.46 bits per heavy atom. The fourth-order valence-electron chi connectivity index (χ4n) is 3.58. The monoisotopic (exact) mass is 390 g/mol. The maximum atomic E-state index is 12.6. The Kier molecular flexibility index (Phi) is 9.79. The number of anilines is 1. The summed E-state index contributed by atoms with van der Waals surface area (Å²) >= 11 is 0. The van der Waals surface area contributed by atoms with Gasteiger partial charge in [-0.05, 0) is 70.0 Å². The molecule has 0 radical (unpaired) electrons. The number of benzene rings is 1. The van der Waals surface area contributed by atoms with E-state index < -0.39 is 5.60 Å². The number of carbonyl (C=O) groups is 1. The van der Waals surface area contributed by atoms with E-state index in [1.54, 1.807) is 7.11 Å². The molecule has 0 saturated carbocycles. The van der Waals surface area contributed by atoms with Crippen molar-refractivity contribution in [3.05, 3.63) is 24.3 Å². The van der Waals surface area contributed by atoms with Crippen LogP contribution >= 0.6 is 0 Å². The number of nitrogens with one attached hydrogen (secondary N) is 1. The lowest BCUT2D eigenvalue weighted by Gasteiger charge is -2.27. The van der Waals surface area contributed by atoms with E-state index in [1.165, 1.54) is 32.4 Å². The van der Waals surface area contributed by atoms with Gasteiger partial charge in [-0.3, -0.25) is 4.79 Å². The van der Waals surface area contributed by atoms with Crippen molar-refractivity contribution in [1.82, 2.24) is 4.90 Å². The lowest BCUT2D eigenvalue weighted by Crippen LogP contribution is -2.41. The first-order valence-corrected chi connectivity index (χ1v) is 10.9. The molecule has 158 valence electrons. The Morgan fingerprint density at radius 2 is 1.82 bits per heavy atom. The second kappa shape index (κ2) is 12.1. The molecule has 1 aromatic carbocycles. The molecule has 0 aliphatic carbocycles. The Bertz CT molecular complexity index is 570. The summed E-state index contributed by atoms with van der Waals surface area (Å²) in [6.45, 7) is 8.31. The summed E-state index contributed by atoms with van der Waals surface area (Å²) in [5.74, 6) is 0.746. The average Bonchev–Trinajstić information content (AvgIpc) is 2.73. The topological polar surface area (TPSA) is 50.8 Å². The van der Waals surface area contributed by atoms with Gasteiger partial charge in [0.2, 0.25) is 0 Å². The average molecular weight is 391 g/mol. The number of amides is 1. The predicted molar refractivity (Wildman–Crippen MR) is 115 cm³/mol. The molecule has 1 atom stereocenters. The molecule has 1 heterocycles. The lowest BCUT2D eigenvalue weighted by molar-refractivity contribution is -0.136. The third-order valence-electron chi connectivity index (χ3n) is 5.64. The van der Waals surface area contributed by atoms with Gasteiger partial charge in [-0.2, -0.15) is 0 Å². The lowest BCUT2D eigenvalue weighted by atomic mass is 9.97. The smallest absolute Gasteiger partial charge is 0.256 e. The minimum atomic E-state index is -0.793. The summed E-state index contributed by atoms with van der Waals surface area (Å²) in [7, 11) is 1.60. The summed E-state index contributed by atoms with van der Waals surface area (Å²) in [4.78, 5) is 15.2. The quantitative estimate of drug-likeness (QED) is 0.518. The Balaban J connectivity index is 1.74. The second-order valence-electron chi connectivity index (χ2n) is 7.97. The number of piperidine rings is 1. The van der Waals surface area contributed by atoms with Crippen molar-refractivity contribution in [1.29, 1.82) is 0 Å². The third-order valence-corrected chi connectivity index (χ3v) is 5.64. The van der Waals surface area contributed by atoms with Gasteiger partial charge in [0.1, 0.15) is 11.4 Å². The SMILES string of the molecule is CCCCCC(C)(OC)C(=O)Nc1ccc(OCCCN2CCCCC2)cc1. The van der Waals surface area contributed by atoms with Crippen molar-refractivity contribution >= 4 is 11.6 Å². The first-order valence-electron chi connectivity index (χ1n) is 10.9. The molecule has 1 unspecified atom stereocenters. The van der Waals surface area contributed by atoms with Crippen LogP contribution in [0, 0.1) is 0 Å². The van der Waals surface area contributed by atoms with Crippen LogP contribution in [0.15, 0.2) is 24.3 Å². The van der Waals surface area contributed by atoms with Crippen LogP contribution in [0.1, 0.15) is 65.2 Å². The highest BCUT2D eigenvalue weighted by atomic mass is 16.5. The van der Waals surface area contributed by atoms with E-state index in [9.17, 15) is 4.79 Å². The van der Waals surface area contributed by atoms with Crippen molar-refractivity contribution in [3.63, 3.8) is 0 Å². The second-order valence-corrected chi connectivity index (χ2v) is 7.97. The Labute approximate surface area is 170 Å². The molecule has 1 amide bonds. The van der Waals surface area contributed by atoms with Crippen LogP contribution < -0.4 is 10.1 Å². The standard InChI is InChI=1S/C23H38N2O3/c1-4-5-7-15-23(2,27-3)22(26)24-20-11-13-21(14-12-20)28-19-10-18-25-16-8-6-9-17-25/h11-14H,4-10,15-19H2,1-3H3,(H,24,26). The van der Waals surface area contributed by atoms with E-state index in [4.69, 9.17) is 9.47 Å². The first-order chi connectivity index (χ1) is 13.6. The zero-order valence-electron chi connectivity index (χ0n) is 18.0. The van der Waals surface area contributed by atoms with E-state index in [-0.39, 0.29) is 5.91 Å². The minimum absolute atomic E-state index is 0.0960. The van der Waals surface area contributed by atoms with Crippen LogP contribution in [0.5, 0.6) is 5.75 Å². The number of carbonyl (C=O) groups excluding carboxylic acids is 1. The van der Waals surface area contributed by atoms with Gasteiger partial charge in [0.15, 0.2) is 0 Å². The van der Waals surface area contributed by atoms with E-state index in [0.717, 1.165) is 56.7 Å². The molecule has 1 N–H and O–H groups in total. The number of ether oxygens (including phenoxy) is 2. The van der Waals surface area contributed by atoms with Crippen LogP contribution in [-0.2, 0) is 9.53 Å². The highest BCUT2D eigenvalue weighted by Gasteiger charge is 2.32. The van der Waals surface area contributed by atoms with Crippen molar-refractivity contribution in [2.75, 3.05) is 38.7 Å². The molecule has 0 aromatic heterocycles. The number of hydrogen-bond donors (Lipinski definition) is 1. The van der Waals surface area contributed by atoms with Crippen molar-refractivity contribution in [2.24, 2.45) is 0 Å². The van der Waals surface area contributed by atoms with E-state index in [1.807, 2.05) is 31.2 Å². The maximum absolute atomic E-state index is 12.6. The van der Waals surface area contributed by atoms with Gasteiger partial charge in [-0.1, -0.05) is 32.6 Å². The molecule has 1 saturated heterocycles. The molecule has 1 aliphatic heterocycles. The highest BCUT2D eigenvalue weighted by molar-refractivity contribution is 5.97. The number of likely N-dealkylation sites (tertiary alicyclic amines) is 1. The van der Waals surface area contributed by atoms with Crippen LogP contribution in [0.2, 0.25) is 0 Å². The molecule has 5 heteroatoms. The first kappa shape index (κ1) is 22.7. The number of methoxy groups -OCH3 is 1. The maximum Gasteiger partial charge on any atom is 0.256 e. The fraction of sp³-hybridized carbons (Fsp3) is 0.696. The molecule has 1 aliphatic rings. The van der Waals surface area contributed by atoms with Gasteiger partial charge in [0, 0.05) is 19.3 Å². The van der Waals surface area contributed by atoms with E-state index >= 15 is 0 Å². The number of hydrogen-bond acceptors (Lipinski definition) is 4. The highest BCUT2D eigenvalue weighted by Crippen LogP contribution is 2.22. The molecule has 0 spiro atoms. The zero-order chi connectivity index (χ0) is 20.2. The van der Waals surface area contributed by atoms with Crippen LogP contribution in [0.4, 0.5) is 5.69 Å². The molecular weight excluding hydrogens is 352 g/mol. The Morgan fingerprint density at radius 1 is 1.11 bits per heavy atom. The van der Waals surface area contributed by atoms with Gasteiger partial charge in [0.05, 0.1) is 6.61 Å². The van der Waals surface area contributed by atoms with Gasteiger partial charge in [-0.25, -0.2) is 0 Å². The molecule has 1 fully saturated rings. The minimum Gasteiger partial charge on any atom is -0.494 e.